The molecule has 0 spiro atoms. The van der Waals surface area contributed by atoms with E-state index in [0.29, 0.717) is 12.0 Å². The van der Waals surface area contributed by atoms with Gasteiger partial charge in [0.2, 0.25) is 0 Å². The van der Waals surface area contributed by atoms with E-state index in [0.717, 1.165) is 6.61 Å². The summed E-state index contributed by atoms with van der Waals surface area (Å²) in [5, 5.41) is 0. The minimum Gasteiger partial charge on any atom is -0.378 e. The van der Waals surface area contributed by atoms with Crippen LogP contribution in [0.1, 0.15) is 36.3 Å². The van der Waals surface area contributed by atoms with Crippen molar-refractivity contribution in [3.8, 4) is 0 Å². The first-order valence-electron chi connectivity index (χ1n) is 5.64. The molecule has 1 nitrogen and oxygen atoms in total. The molecule has 0 radical (unpaired) electrons. The monoisotopic (exact) mass is 188 g/mol. The first kappa shape index (κ1) is 8.49. The van der Waals surface area contributed by atoms with Crippen molar-refractivity contribution in [3.05, 3.63) is 35.4 Å². The SMILES string of the molecule is c1ccc2c(c1)CC[C@@H]2[C@@H]1CCCO1. The van der Waals surface area contributed by atoms with Crippen LogP contribution in [0, 0.1) is 0 Å². The van der Waals surface area contributed by atoms with Crippen molar-refractivity contribution in [1.82, 2.24) is 0 Å². The van der Waals surface area contributed by atoms with E-state index < -0.39 is 0 Å². The molecule has 14 heavy (non-hydrogen) atoms. The van der Waals surface area contributed by atoms with Gasteiger partial charge in [-0.1, -0.05) is 24.3 Å². The topological polar surface area (TPSA) is 9.23 Å². The van der Waals surface area contributed by atoms with E-state index in [9.17, 15) is 0 Å². The van der Waals surface area contributed by atoms with Crippen molar-refractivity contribution < 1.29 is 4.74 Å². The van der Waals surface area contributed by atoms with Gasteiger partial charge in [-0.3, -0.25) is 0 Å². The van der Waals surface area contributed by atoms with Crippen LogP contribution in [0.15, 0.2) is 24.3 Å². The molecule has 74 valence electrons. The quantitative estimate of drug-likeness (QED) is 0.658. The normalized spacial score (nSPS) is 30.6. The number of aryl methyl sites for hydroxylation is 1. The number of hydrogen-bond acceptors (Lipinski definition) is 1. The summed E-state index contributed by atoms with van der Waals surface area (Å²) in [6, 6.07) is 8.86. The lowest BCUT2D eigenvalue weighted by Crippen LogP contribution is -2.14. The lowest BCUT2D eigenvalue weighted by atomic mass is 9.94. The maximum atomic E-state index is 5.79. The molecule has 0 amide bonds. The smallest absolute Gasteiger partial charge is 0.0644 e. The number of fused-ring (bicyclic) bond motifs is 1. The molecule has 0 unspecified atom stereocenters. The second-order valence-electron chi connectivity index (χ2n) is 4.40. The molecule has 2 aliphatic rings. The zero-order chi connectivity index (χ0) is 9.38. The van der Waals surface area contributed by atoms with Crippen molar-refractivity contribution in [2.24, 2.45) is 0 Å². The Bertz CT molecular complexity index is 326. The van der Waals surface area contributed by atoms with Crippen molar-refractivity contribution >= 4 is 0 Å². The highest BCUT2D eigenvalue weighted by atomic mass is 16.5. The van der Waals surface area contributed by atoms with E-state index in [1.165, 1.54) is 25.7 Å². The number of ether oxygens (including phenoxy) is 1. The highest BCUT2D eigenvalue weighted by molar-refractivity contribution is 5.35. The molecule has 1 saturated heterocycles. The van der Waals surface area contributed by atoms with Crippen molar-refractivity contribution in [1.29, 1.82) is 0 Å². The Morgan fingerprint density at radius 3 is 2.93 bits per heavy atom. The Hall–Kier alpha value is -0.820. The van der Waals surface area contributed by atoms with Gasteiger partial charge in [-0.05, 0) is 36.8 Å². The maximum Gasteiger partial charge on any atom is 0.0644 e. The summed E-state index contributed by atoms with van der Waals surface area (Å²) in [4.78, 5) is 0. The van der Waals surface area contributed by atoms with Crippen LogP contribution in [0.4, 0.5) is 0 Å². The summed E-state index contributed by atoms with van der Waals surface area (Å²) in [5.41, 5.74) is 3.10. The Labute approximate surface area is 85.1 Å². The van der Waals surface area contributed by atoms with Crippen LogP contribution in [-0.2, 0) is 11.2 Å². The second-order valence-corrected chi connectivity index (χ2v) is 4.40. The number of hydrogen-bond donors (Lipinski definition) is 0. The molecule has 0 saturated carbocycles. The fourth-order valence-electron chi connectivity index (χ4n) is 2.90. The molecule has 3 rings (SSSR count). The van der Waals surface area contributed by atoms with Crippen molar-refractivity contribution in [3.63, 3.8) is 0 Å². The van der Waals surface area contributed by atoms with Gasteiger partial charge in [0, 0.05) is 12.5 Å². The molecule has 1 fully saturated rings. The standard InChI is InChI=1S/C13H16O/c1-2-5-11-10(4-1)7-8-12(11)13-6-3-9-14-13/h1-2,4-5,12-13H,3,6-9H2/t12-,13-/m0/s1. The van der Waals surface area contributed by atoms with Crippen LogP contribution in [-0.4, -0.2) is 12.7 Å². The van der Waals surface area contributed by atoms with E-state index in [-0.39, 0.29) is 0 Å². The minimum absolute atomic E-state index is 0.513. The maximum absolute atomic E-state index is 5.79. The second kappa shape index (κ2) is 3.39. The molecule has 1 aliphatic heterocycles. The van der Waals surface area contributed by atoms with Crippen LogP contribution >= 0.6 is 0 Å². The van der Waals surface area contributed by atoms with Gasteiger partial charge in [0.1, 0.15) is 0 Å². The van der Waals surface area contributed by atoms with Crippen molar-refractivity contribution in [2.45, 2.75) is 37.7 Å². The molecule has 1 aromatic carbocycles. The third-order valence-corrected chi connectivity index (χ3v) is 3.59. The molecule has 0 aromatic heterocycles. The van der Waals surface area contributed by atoms with E-state index >= 15 is 0 Å². The van der Waals surface area contributed by atoms with Gasteiger partial charge in [0.15, 0.2) is 0 Å². The fraction of sp³-hybridized carbons (Fsp3) is 0.538. The van der Waals surface area contributed by atoms with Crippen LogP contribution in [0.3, 0.4) is 0 Å². The van der Waals surface area contributed by atoms with Crippen LogP contribution in [0.2, 0.25) is 0 Å². The lowest BCUT2D eigenvalue weighted by Gasteiger charge is -2.18. The molecular formula is C13H16O. The lowest BCUT2D eigenvalue weighted by molar-refractivity contribution is 0.0888. The average Bonchev–Trinajstić information content (AvgIpc) is 2.85. The molecule has 1 aromatic rings. The molecule has 1 aliphatic carbocycles. The highest BCUT2D eigenvalue weighted by Gasteiger charge is 2.31. The summed E-state index contributed by atoms with van der Waals surface area (Å²) >= 11 is 0. The van der Waals surface area contributed by atoms with Crippen LogP contribution < -0.4 is 0 Å². The molecule has 0 N–H and O–H groups in total. The summed E-state index contributed by atoms with van der Waals surface area (Å²) < 4.78 is 5.79. The predicted octanol–water partition coefficient (Wildman–Crippen LogP) is 2.90. The predicted molar refractivity (Wildman–Crippen MR) is 56.5 cm³/mol. The first-order chi connectivity index (χ1) is 6.95. The van der Waals surface area contributed by atoms with E-state index in [2.05, 4.69) is 24.3 Å². The number of rotatable bonds is 1. The zero-order valence-corrected chi connectivity index (χ0v) is 8.41. The molecule has 0 bridgehead atoms. The van der Waals surface area contributed by atoms with Gasteiger partial charge >= 0.3 is 0 Å². The molecule has 2 atom stereocenters. The third-order valence-electron chi connectivity index (χ3n) is 3.59. The fourth-order valence-corrected chi connectivity index (χ4v) is 2.90. The zero-order valence-electron chi connectivity index (χ0n) is 8.41. The van der Waals surface area contributed by atoms with E-state index in [1.54, 1.807) is 11.1 Å². The summed E-state index contributed by atoms with van der Waals surface area (Å²) in [5.74, 6) is 0.689. The van der Waals surface area contributed by atoms with Crippen molar-refractivity contribution in [2.75, 3.05) is 6.61 Å². The Morgan fingerprint density at radius 2 is 2.07 bits per heavy atom. The Balaban J connectivity index is 1.89. The highest BCUT2D eigenvalue weighted by Crippen LogP contribution is 2.39. The van der Waals surface area contributed by atoms with Gasteiger partial charge in [0.25, 0.3) is 0 Å². The summed E-state index contributed by atoms with van der Waals surface area (Å²) in [6.07, 6.45) is 5.58. The van der Waals surface area contributed by atoms with Gasteiger partial charge in [-0.15, -0.1) is 0 Å². The molecule has 1 heteroatoms. The number of benzene rings is 1. The average molecular weight is 188 g/mol. The largest absolute Gasteiger partial charge is 0.378 e. The van der Waals surface area contributed by atoms with Gasteiger partial charge in [0.05, 0.1) is 6.10 Å². The van der Waals surface area contributed by atoms with E-state index in [4.69, 9.17) is 4.74 Å². The van der Waals surface area contributed by atoms with Gasteiger partial charge < -0.3 is 4.74 Å². The van der Waals surface area contributed by atoms with Gasteiger partial charge in [-0.2, -0.15) is 0 Å². The summed E-state index contributed by atoms with van der Waals surface area (Å²) in [6.45, 7) is 0.976. The Kier molecular flexibility index (Phi) is 2.06. The minimum atomic E-state index is 0.513. The molecular weight excluding hydrogens is 172 g/mol. The summed E-state index contributed by atoms with van der Waals surface area (Å²) in [7, 11) is 0. The first-order valence-corrected chi connectivity index (χ1v) is 5.64. The van der Waals surface area contributed by atoms with Crippen LogP contribution in [0.5, 0.6) is 0 Å². The van der Waals surface area contributed by atoms with E-state index in [1.807, 2.05) is 0 Å². The Morgan fingerprint density at radius 1 is 1.14 bits per heavy atom. The third kappa shape index (κ3) is 1.27. The van der Waals surface area contributed by atoms with Gasteiger partial charge in [-0.25, -0.2) is 0 Å². The molecule has 1 heterocycles. The van der Waals surface area contributed by atoms with Crippen LogP contribution in [0.25, 0.3) is 0 Å².